The maximum atomic E-state index is 13.4. The number of Topliss-reactive ketones (excluding diaryl/α,β-unsaturated/α-hetero) is 1. The Morgan fingerprint density at radius 2 is 1.52 bits per heavy atom. The molecule has 144 valence electrons. The highest BCUT2D eigenvalue weighted by Crippen LogP contribution is 2.42. The standard InChI is InChI=1S/C23H15ClFNO3/c24-16-8-6-14(7-9-16)20-19(21(27)15-4-2-1-3-5-15)22(28)23(29)26(20)18-12-10-17(25)11-13-18/h1-13,20,27H/b21-19+/t20-/m1/s1. The fraction of sp³-hybridized carbons (Fsp3) is 0.0435. The van der Waals surface area contributed by atoms with Gasteiger partial charge < -0.3 is 5.11 Å². The number of aliphatic hydroxyl groups is 1. The van der Waals surface area contributed by atoms with Crippen molar-refractivity contribution in [1.29, 1.82) is 0 Å². The molecule has 4 rings (SSSR count). The predicted octanol–water partition coefficient (Wildman–Crippen LogP) is 5.11. The molecular formula is C23H15ClFNO3. The molecule has 29 heavy (non-hydrogen) atoms. The molecule has 1 heterocycles. The molecule has 0 radical (unpaired) electrons. The van der Waals surface area contributed by atoms with Crippen molar-refractivity contribution in [3.05, 3.63) is 106 Å². The second kappa shape index (κ2) is 7.53. The molecule has 4 nitrogen and oxygen atoms in total. The van der Waals surface area contributed by atoms with Gasteiger partial charge in [-0.15, -0.1) is 0 Å². The van der Waals surface area contributed by atoms with Gasteiger partial charge in [-0.3, -0.25) is 14.5 Å². The summed E-state index contributed by atoms with van der Waals surface area (Å²) in [5.41, 5.74) is 1.33. The van der Waals surface area contributed by atoms with Gasteiger partial charge in [0.25, 0.3) is 11.7 Å². The fourth-order valence-electron chi connectivity index (χ4n) is 3.41. The Morgan fingerprint density at radius 1 is 0.897 bits per heavy atom. The van der Waals surface area contributed by atoms with E-state index >= 15 is 0 Å². The molecule has 1 saturated heterocycles. The minimum absolute atomic E-state index is 0.0344. The molecule has 0 aliphatic carbocycles. The molecule has 1 amide bonds. The Kier molecular flexibility index (Phi) is 4.91. The lowest BCUT2D eigenvalue weighted by Crippen LogP contribution is -2.29. The number of aliphatic hydroxyl groups excluding tert-OH is 1. The van der Waals surface area contributed by atoms with Crippen molar-refractivity contribution in [2.45, 2.75) is 6.04 Å². The lowest BCUT2D eigenvalue weighted by molar-refractivity contribution is -0.132. The largest absolute Gasteiger partial charge is 0.507 e. The third-order valence-corrected chi connectivity index (χ3v) is 5.03. The Labute approximate surface area is 171 Å². The zero-order valence-corrected chi connectivity index (χ0v) is 15.8. The highest BCUT2D eigenvalue weighted by molar-refractivity contribution is 6.51. The van der Waals surface area contributed by atoms with Gasteiger partial charge >= 0.3 is 0 Å². The van der Waals surface area contributed by atoms with Gasteiger partial charge in [-0.25, -0.2) is 4.39 Å². The number of hydrogen-bond acceptors (Lipinski definition) is 3. The SMILES string of the molecule is O=C1C(=O)N(c2ccc(F)cc2)[C@H](c2ccc(Cl)cc2)/C1=C(\O)c1ccccc1. The highest BCUT2D eigenvalue weighted by Gasteiger charge is 2.46. The minimum atomic E-state index is -0.877. The molecule has 0 bridgehead atoms. The van der Waals surface area contributed by atoms with Crippen LogP contribution in [0.25, 0.3) is 5.76 Å². The van der Waals surface area contributed by atoms with Crippen molar-refractivity contribution in [2.24, 2.45) is 0 Å². The molecule has 6 heteroatoms. The average Bonchev–Trinajstić information content (AvgIpc) is 3.00. The monoisotopic (exact) mass is 407 g/mol. The predicted molar refractivity (Wildman–Crippen MR) is 109 cm³/mol. The van der Waals surface area contributed by atoms with E-state index in [1.54, 1.807) is 54.6 Å². The summed E-state index contributed by atoms with van der Waals surface area (Å²) in [4.78, 5) is 27.1. The average molecular weight is 408 g/mol. The summed E-state index contributed by atoms with van der Waals surface area (Å²) in [5, 5.41) is 11.4. The Bertz CT molecular complexity index is 1110. The summed E-state index contributed by atoms with van der Waals surface area (Å²) in [5.74, 6) is -2.34. The van der Waals surface area contributed by atoms with Crippen LogP contribution in [0.15, 0.2) is 84.4 Å². The zero-order chi connectivity index (χ0) is 20.5. The van der Waals surface area contributed by atoms with E-state index in [1.807, 2.05) is 0 Å². The van der Waals surface area contributed by atoms with Gasteiger partial charge in [-0.05, 0) is 42.0 Å². The number of ketones is 1. The highest BCUT2D eigenvalue weighted by atomic mass is 35.5. The van der Waals surface area contributed by atoms with Gasteiger partial charge in [0.05, 0.1) is 11.6 Å². The van der Waals surface area contributed by atoms with Crippen molar-refractivity contribution < 1.29 is 19.1 Å². The van der Waals surface area contributed by atoms with E-state index < -0.39 is 23.5 Å². The minimum Gasteiger partial charge on any atom is -0.507 e. The molecule has 1 fully saturated rings. The Balaban J connectivity index is 1.94. The van der Waals surface area contributed by atoms with E-state index in [0.29, 0.717) is 21.8 Å². The molecule has 1 N–H and O–H groups in total. The molecule has 1 atom stereocenters. The van der Waals surface area contributed by atoms with Crippen molar-refractivity contribution in [1.82, 2.24) is 0 Å². The van der Waals surface area contributed by atoms with Gasteiger partial charge in [0.1, 0.15) is 11.6 Å². The first-order chi connectivity index (χ1) is 14.0. The van der Waals surface area contributed by atoms with E-state index in [9.17, 15) is 19.1 Å². The first kappa shape index (κ1) is 18.9. The number of benzene rings is 3. The summed E-state index contributed by atoms with van der Waals surface area (Å²) in [6.45, 7) is 0. The van der Waals surface area contributed by atoms with Gasteiger partial charge in [-0.1, -0.05) is 54.1 Å². The van der Waals surface area contributed by atoms with Gasteiger partial charge in [0.2, 0.25) is 0 Å². The molecule has 1 aliphatic heterocycles. The normalized spacial score (nSPS) is 18.3. The van der Waals surface area contributed by atoms with Crippen molar-refractivity contribution in [3.63, 3.8) is 0 Å². The van der Waals surface area contributed by atoms with E-state index in [4.69, 9.17) is 11.6 Å². The first-order valence-corrected chi connectivity index (χ1v) is 9.22. The summed E-state index contributed by atoms with van der Waals surface area (Å²) in [6.07, 6.45) is 0. The van der Waals surface area contributed by atoms with Crippen LogP contribution in [0, 0.1) is 5.82 Å². The van der Waals surface area contributed by atoms with Crippen molar-refractivity contribution in [3.8, 4) is 0 Å². The molecule has 0 saturated carbocycles. The lowest BCUT2D eigenvalue weighted by atomic mass is 9.95. The fourth-order valence-corrected chi connectivity index (χ4v) is 3.54. The topological polar surface area (TPSA) is 57.6 Å². The van der Waals surface area contributed by atoms with Crippen LogP contribution < -0.4 is 4.90 Å². The van der Waals surface area contributed by atoms with Crippen LogP contribution in [0.4, 0.5) is 10.1 Å². The smallest absolute Gasteiger partial charge is 0.300 e. The van der Waals surface area contributed by atoms with Crippen LogP contribution in [-0.4, -0.2) is 16.8 Å². The van der Waals surface area contributed by atoms with Crippen LogP contribution in [-0.2, 0) is 9.59 Å². The van der Waals surface area contributed by atoms with E-state index in [2.05, 4.69) is 0 Å². The number of hydrogen-bond donors (Lipinski definition) is 1. The molecule has 0 spiro atoms. The molecular weight excluding hydrogens is 393 g/mol. The second-order valence-electron chi connectivity index (χ2n) is 6.56. The van der Waals surface area contributed by atoms with E-state index in [-0.39, 0.29) is 11.3 Å². The van der Waals surface area contributed by atoms with Crippen LogP contribution in [0.5, 0.6) is 0 Å². The van der Waals surface area contributed by atoms with Crippen LogP contribution in [0.2, 0.25) is 5.02 Å². The third-order valence-electron chi connectivity index (χ3n) is 4.78. The number of rotatable bonds is 3. The molecule has 3 aromatic rings. The maximum absolute atomic E-state index is 13.4. The second-order valence-corrected chi connectivity index (χ2v) is 7.00. The number of carbonyl (C=O) groups excluding carboxylic acids is 2. The summed E-state index contributed by atoms with van der Waals surface area (Å²) in [6, 6.07) is 19.6. The van der Waals surface area contributed by atoms with Crippen LogP contribution >= 0.6 is 11.6 Å². The van der Waals surface area contributed by atoms with Crippen molar-refractivity contribution in [2.75, 3.05) is 4.90 Å². The van der Waals surface area contributed by atoms with Gasteiger partial charge in [0.15, 0.2) is 0 Å². The molecule has 0 unspecified atom stereocenters. The summed E-state index contributed by atoms with van der Waals surface area (Å²) in [7, 11) is 0. The van der Waals surface area contributed by atoms with E-state index in [1.165, 1.54) is 29.2 Å². The molecule has 1 aliphatic rings. The lowest BCUT2D eigenvalue weighted by Gasteiger charge is -2.25. The van der Waals surface area contributed by atoms with Crippen LogP contribution in [0.3, 0.4) is 0 Å². The van der Waals surface area contributed by atoms with E-state index in [0.717, 1.165) is 0 Å². The number of amides is 1. The Hall–Kier alpha value is -3.44. The maximum Gasteiger partial charge on any atom is 0.300 e. The van der Waals surface area contributed by atoms with Crippen molar-refractivity contribution >= 4 is 34.7 Å². The quantitative estimate of drug-likeness (QED) is 0.373. The van der Waals surface area contributed by atoms with Crippen LogP contribution in [0.1, 0.15) is 17.2 Å². The zero-order valence-electron chi connectivity index (χ0n) is 15.0. The number of anilines is 1. The van der Waals surface area contributed by atoms with Gasteiger partial charge in [-0.2, -0.15) is 0 Å². The Morgan fingerprint density at radius 3 is 2.14 bits per heavy atom. The third kappa shape index (κ3) is 3.41. The number of nitrogens with zero attached hydrogens (tertiary/aromatic N) is 1. The summed E-state index contributed by atoms with van der Waals surface area (Å²) < 4.78 is 13.4. The number of carbonyl (C=O) groups is 2. The number of halogens is 2. The molecule has 3 aromatic carbocycles. The van der Waals surface area contributed by atoms with Gasteiger partial charge in [0, 0.05) is 16.3 Å². The summed E-state index contributed by atoms with van der Waals surface area (Å²) >= 11 is 5.99. The first-order valence-electron chi connectivity index (χ1n) is 8.85. The molecule has 0 aromatic heterocycles.